The van der Waals surface area contributed by atoms with Crippen molar-refractivity contribution in [1.29, 1.82) is 0 Å². The molecule has 8 atom stereocenters. The standard InChI is InChI=1S/C28H36O3/c1-17-13-20-15-21(29)9-10-22(20)26-18(2)16-28(3)23(27(17)26)11-12-24(28)31-25(30)14-19-7-5-4-6-8-19/h4-8,15,17-18,22-24,26-27H,9-14,16H2,1-3H3/t17-,18+,22+,23+,24+,26-,27+,28+/m1/s1. The molecular formula is C28H36O3. The first-order valence-corrected chi connectivity index (χ1v) is 12.3. The fourth-order valence-electron chi connectivity index (χ4n) is 8.25. The van der Waals surface area contributed by atoms with E-state index in [1.54, 1.807) is 0 Å². The van der Waals surface area contributed by atoms with E-state index in [1.807, 2.05) is 36.4 Å². The zero-order valence-electron chi connectivity index (χ0n) is 19.2. The number of carbonyl (C=O) groups excluding carboxylic acids is 2. The van der Waals surface area contributed by atoms with E-state index in [1.165, 1.54) is 12.0 Å². The quantitative estimate of drug-likeness (QED) is 0.583. The first-order valence-electron chi connectivity index (χ1n) is 12.3. The molecular weight excluding hydrogens is 384 g/mol. The molecule has 0 unspecified atom stereocenters. The summed E-state index contributed by atoms with van der Waals surface area (Å²) in [6.07, 6.45) is 8.53. The molecule has 0 aliphatic heterocycles. The van der Waals surface area contributed by atoms with E-state index >= 15 is 0 Å². The van der Waals surface area contributed by atoms with Gasteiger partial charge in [-0.1, -0.05) is 56.7 Å². The summed E-state index contributed by atoms with van der Waals surface area (Å²) in [4.78, 5) is 24.8. The lowest BCUT2D eigenvalue weighted by Gasteiger charge is -2.58. The Bertz CT molecular complexity index is 887. The summed E-state index contributed by atoms with van der Waals surface area (Å²) < 4.78 is 6.18. The highest BCUT2D eigenvalue weighted by Crippen LogP contribution is 2.65. The maximum absolute atomic E-state index is 12.8. The van der Waals surface area contributed by atoms with Gasteiger partial charge in [-0.15, -0.1) is 0 Å². The minimum absolute atomic E-state index is 0.0363. The summed E-state index contributed by atoms with van der Waals surface area (Å²) in [7, 11) is 0. The van der Waals surface area contributed by atoms with Gasteiger partial charge in [-0.05, 0) is 79.3 Å². The number of ketones is 1. The van der Waals surface area contributed by atoms with Crippen molar-refractivity contribution < 1.29 is 14.3 Å². The third-order valence-corrected chi connectivity index (χ3v) is 9.32. The zero-order valence-corrected chi connectivity index (χ0v) is 19.2. The van der Waals surface area contributed by atoms with Crippen LogP contribution in [0.15, 0.2) is 42.0 Å². The van der Waals surface area contributed by atoms with Crippen LogP contribution in [0, 0.1) is 40.9 Å². The zero-order chi connectivity index (χ0) is 21.8. The van der Waals surface area contributed by atoms with Gasteiger partial charge >= 0.3 is 5.97 Å². The van der Waals surface area contributed by atoms with E-state index in [0.29, 0.717) is 47.7 Å². The van der Waals surface area contributed by atoms with Gasteiger partial charge in [-0.3, -0.25) is 9.59 Å². The molecule has 0 spiro atoms. The number of esters is 1. The Kier molecular flexibility index (Phi) is 5.35. The second-order valence-corrected chi connectivity index (χ2v) is 11.2. The minimum atomic E-state index is -0.0828. The van der Waals surface area contributed by atoms with Gasteiger partial charge in [0.15, 0.2) is 5.78 Å². The highest BCUT2D eigenvalue weighted by atomic mass is 16.5. The SMILES string of the molecule is C[C@@H]1CC2=CC(=O)CC[C@@H]2[C@@H]2[C@@H]1[C@@H]1CC[C@H](OC(=O)Cc3ccccc3)[C@@]1(C)C[C@@H]2C. The van der Waals surface area contributed by atoms with Crippen LogP contribution in [0.3, 0.4) is 0 Å². The third-order valence-electron chi connectivity index (χ3n) is 9.32. The average molecular weight is 421 g/mol. The Hall–Kier alpha value is -1.90. The number of fused-ring (bicyclic) bond motifs is 5. The number of rotatable bonds is 3. The summed E-state index contributed by atoms with van der Waals surface area (Å²) in [6.45, 7) is 7.23. The van der Waals surface area contributed by atoms with E-state index in [0.717, 1.165) is 37.7 Å². The van der Waals surface area contributed by atoms with Crippen LogP contribution >= 0.6 is 0 Å². The van der Waals surface area contributed by atoms with Crippen LogP contribution in [0.1, 0.15) is 64.9 Å². The molecule has 0 N–H and O–H groups in total. The van der Waals surface area contributed by atoms with Crippen LogP contribution in [-0.2, 0) is 20.7 Å². The molecule has 4 aliphatic carbocycles. The smallest absolute Gasteiger partial charge is 0.310 e. The molecule has 5 rings (SSSR count). The molecule has 3 fully saturated rings. The molecule has 1 aromatic rings. The van der Waals surface area contributed by atoms with Crippen LogP contribution in [0.2, 0.25) is 0 Å². The van der Waals surface area contributed by atoms with Crippen LogP contribution < -0.4 is 0 Å². The molecule has 3 heteroatoms. The van der Waals surface area contributed by atoms with Crippen molar-refractivity contribution in [2.24, 2.45) is 40.9 Å². The summed E-state index contributed by atoms with van der Waals surface area (Å²) in [6, 6.07) is 9.93. The Morgan fingerprint density at radius 3 is 2.61 bits per heavy atom. The molecule has 0 heterocycles. The Morgan fingerprint density at radius 2 is 1.84 bits per heavy atom. The van der Waals surface area contributed by atoms with Gasteiger partial charge in [0.2, 0.25) is 0 Å². The number of hydrogen-bond donors (Lipinski definition) is 0. The molecule has 0 amide bonds. The monoisotopic (exact) mass is 420 g/mol. The highest BCUT2D eigenvalue weighted by Gasteiger charge is 2.60. The van der Waals surface area contributed by atoms with E-state index in [-0.39, 0.29) is 17.5 Å². The number of benzene rings is 1. The third kappa shape index (κ3) is 3.58. The molecule has 0 radical (unpaired) electrons. The number of allylic oxidation sites excluding steroid dienone is 1. The molecule has 31 heavy (non-hydrogen) atoms. The van der Waals surface area contributed by atoms with Crippen LogP contribution in [-0.4, -0.2) is 17.9 Å². The van der Waals surface area contributed by atoms with Crippen molar-refractivity contribution in [2.75, 3.05) is 0 Å². The van der Waals surface area contributed by atoms with Crippen molar-refractivity contribution >= 4 is 11.8 Å². The van der Waals surface area contributed by atoms with E-state index < -0.39 is 0 Å². The lowest BCUT2D eigenvalue weighted by atomic mass is 9.47. The number of carbonyl (C=O) groups is 2. The van der Waals surface area contributed by atoms with E-state index in [2.05, 4.69) is 20.8 Å². The van der Waals surface area contributed by atoms with Gasteiger partial charge in [0.25, 0.3) is 0 Å². The van der Waals surface area contributed by atoms with Crippen molar-refractivity contribution in [1.82, 2.24) is 0 Å². The van der Waals surface area contributed by atoms with Gasteiger partial charge in [-0.2, -0.15) is 0 Å². The minimum Gasteiger partial charge on any atom is -0.462 e. The van der Waals surface area contributed by atoms with Gasteiger partial charge in [-0.25, -0.2) is 0 Å². The predicted molar refractivity (Wildman–Crippen MR) is 121 cm³/mol. The molecule has 4 aliphatic rings. The molecule has 3 nitrogen and oxygen atoms in total. The number of ether oxygens (including phenoxy) is 1. The van der Waals surface area contributed by atoms with Crippen molar-refractivity contribution in [3.8, 4) is 0 Å². The van der Waals surface area contributed by atoms with Gasteiger partial charge in [0.05, 0.1) is 6.42 Å². The molecule has 1 aromatic carbocycles. The van der Waals surface area contributed by atoms with Crippen LogP contribution in [0.4, 0.5) is 0 Å². The maximum atomic E-state index is 12.8. The fourth-order valence-corrected chi connectivity index (χ4v) is 8.25. The summed E-state index contributed by atoms with van der Waals surface area (Å²) in [5.74, 6) is 4.03. The summed E-state index contributed by atoms with van der Waals surface area (Å²) in [5.41, 5.74) is 2.54. The Labute approximate surface area is 186 Å². The largest absolute Gasteiger partial charge is 0.462 e. The topological polar surface area (TPSA) is 43.4 Å². The maximum Gasteiger partial charge on any atom is 0.310 e. The van der Waals surface area contributed by atoms with Crippen molar-refractivity contribution in [2.45, 2.75) is 71.8 Å². The normalized spacial score (nSPS) is 41.6. The van der Waals surface area contributed by atoms with E-state index in [4.69, 9.17) is 4.74 Å². The van der Waals surface area contributed by atoms with Crippen molar-refractivity contribution in [3.63, 3.8) is 0 Å². The first kappa shape index (κ1) is 21.0. The number of hydrogen-bond acceptors (Lipinski definition) is 3. The van der Waals surface area contributed by atoms with Gasteiger partial charge < -0.3 is 4.74 Å². The Balaban J connectivity index is 1.35. The fraction of sp³-hybridized carbons (Fsp3) is 0.643. The molecule has 0 saturated heterocycles. The lowest BCUT2D eigenvalue weighted by molar-refractivity contribution is -0.162. The van der Waals surface area contributed by atoms with Crippen molar-refractivity contribution in [3.05, 3.63) is 47.5 Å². The summed E-state index contributed by atoms with van der Waals surface area (Å²) >= 11 is 0. The molecule has 166 valence electrons. The van der Waals surface area contributed by atoms with Crippen LogP contribution in [0.5, 0.6) is 0 Å². The predicted octanol–water partition coefficient (Wildman–Crippen LogP) is 5.77. The molecule has 3 saturated carbocycles. The van der Waals surface area contributed by atoms with Gasteiger partial charge in [0, 0.05) is 11.8 Å². The van der Waals surface area contributed by atoms with Gasteiger partial charge in [0.1, 0.15) is 6.10 Å². The summed E-state index contributed by atoms with van der Waals surface area (Å²) in [5, 5.41) is 0. The molecule has 0 aromatic heterocycles. The van der Waals surface area contributed by atoms with E-state index in [9.17, 15) is 9.59 Å². The second kappa shape index (κ2) is 7.90. The first-order chi connectivity index (χ1) is 14.9. The average Bonchev–Trinajstić information content (AvgIpc) is 3.03. The molecule has 0 bridgehead atoms. The lowest BCUT2D eigenvalue weighted by Crippen LogP contribution is -2.54. The highest BCUT2D eigenvalue weighted by molar-refractivity contribution is 5.91. The van der Waals surface area contributed by atoms with Crippen LogP contribution in [0.25, 0.3) is 0 Å². The second-order valence-electron chi connectivity index (χ2n) is 11.2. The Morgan fingerprint density at radius 1 is 1.06 bits per heavy atom.